The Labute approximate surface area is 78.4 Å². The molecule has 1 aliphatic heterocycles. The van der Waals surface area contributed by atoms with E-state index < -0.39 is 0 Å². The summed E-state index contributed by atoms with van der Waals surface area (Å²) in [5.74, 6) is 1.12. The Balaban J connectivity index is 1.95. The fourth-order valence-electron chi connectivity index (χ4n) is 1.70. The molecule has 1 unspecified atom stereocenters. The molecule has 72 valence electrons. The number of aryl methyl sites for hydroxylation is 1. The second-order valence-corrected chi connectivity index (χ2v) is 3.60. The maximum absolute atomic E-state index is 5.62. The van der Waals surface area contributed by atoms with E-state index in [1.54, 1.807) is 0 Å². The van der Waals surface area contributed by atoms with Gasteiger partial charge in [-0.2, -0.15) is 0 Å². The lowest BCUT2D eigenvalue weighted by atomic mass is 10.0. The average molecular weight is 180 g/mol. The van der Waals surface area contributed by atoms with E-state index in [9.17, 15) is 0 Å². The van der Waals surface area contributed by atoms with Crippen molar-refractivity contribution in [3.05, 3.63) is 18.2 Å². The molecule has 1 aliphatic rings. The molecule has 1 atom stereocenters. The highest BCUT2D eigenvalue weighted by molar-refractivity contribution is 4.94. The van der Waals surface area contributed by atoms with Gasteiger partial charge in [-0.15, -0.1) is 0 Å². The molecule has 2 heterocycles. The zero-order valence-electron chi connectivity index (χ0n) is 7.98. The van der Waals surface area contributed by atoms with Gasteiger partial charge in [0.05, 0.1) is 6.54 Å². The van der Waals surface area contributed by atoms with Crippen molar-refractivity contribution in [2.24, 2.45) is 12.8 Å². The van der Waals surface area contributed by atoms with Crippen LogP contribution in [-0.4, -0.2) is 33.6 Å². The topological polar surface area (TPSA) is 47.1 Å². The SMILES string of the molecule is Cn1ccnc1CN1CCC1CN. The minimum absolute atomic E-state index is 0.580. The summed E-state index contributed by atoms with van der Waals surface area (Å²) in [7, 11) is 2.03. The molecular formula is C9H16N4. The summed E-state index contributed by atoms with van der Waals surface area (Å²) in [5, 5.41) is 0. The van der Waals surface area contributed by atoms with E-state index in [0.717, 1.165) is 25.5 Å². The van der Waals surface area contributed by atoms with Crippen LogP contribution in [0.25, 0.3) is 0 Å². The average Bonchev–Trinajstić information content (AvgIpc) is 2.46. The predicted molar refractivity (Wildman–Crippen MR) is 51.1 cm³/mol. The van der Waals surface area contributed by atoms with Crippen molar-refractivity contribution in [3.8, 4) is 0 Å². The zero-order valence-corrected chi connectivity index (χ0v) is 7.98. The van der Waals surface area contributed by atoms with Gasteiger partial charge in [-0.3, -0.25) is 4.90 Å². The Bertz CT molecular complexity index is 279. The standard InChI is InChI=1S/C9H16N4/c1-12-5-3-11-9(12)7-13-4-2-8(13)6-10/h3,5,8H,2,4,6-7,10H2,1H3. The Morgan fingerprint density at radius 3 is 3.00 bits per heavy atom. The number of hydrogen-bond acceptors (Lipinski definition) is 3. The van der Waals surface area contributed by atoms with Gasteiger partial charge < -0.3 is 10.3 Å². The molecule has 0 aromatic carbocycles. The molecule has 1 saturated heterocycles. The molecule has 0 spiro atoms. The van der Waals surface area contributed by atoms with Crippen LogP contribution >= 0.6 is 0 Å². The quantitative estimate of drug-likeness (QED) is 0.709. The third-order valence-electron chi connectivity index (χ3n) is 2.80. The maximum atomic E-state index is 5.62. The summed E-state index contributed by atoms with van der Waals surface area (Å²) < 4.78 is 2.06. The van der Waals surface area contributed by atoms with Gasteiger partial charge in [-0.05, 0) is 6.42 Å². The van der Waals surface area contributed by atoms with Crippen LogP contribution in [-0.2, 0) is 13.6 Å². The highest BCUT2D eigenvalue weighted by Crippen LogP contribution is 2.18. The highest BCUT2D eigenvalue weighted by atomic mass is 15.2. The van der Waals surface area contributed by atoms with E-state index in [1.807, 2.05) is 19.4 Å². The number of hydrogen-bond donors (Lipinski definition) is 1. The first-order valence-corrected chi connectivity index (χ1v) is 4.71. The van der Waals surface area contributed by atoms with E-state index in [4.69, 9.17) is 5.73 Å². The predicted octanol–water partition coefficient (Wildman–Crippen LogP) is -0.0469. The lowest BCUT2D eigenvalue weighted by Gasteiger charge is -2.39. The molecule has 0 saturated carbocycles. The first-order valence-electron chi connectivity index (χ1n) is 4.71. The van der Waals surface area contributed by atoms with Gasteiger partial charge in [0.2, 0.25) is 0 Å². The van der Waals surface area contributed by atoms with Gasteiger partial charge >= 0.3 is 0 Å². The van der Waals surface area contributed by atoms with Crippen LogP contribution < -0.4 is 5.73 Å². The molecule has 1 aromatic rings. The summed E-state index contributed by atoms with van der Waals surface area (Å²) in [6.45, 7) is 2.87. The van der Waals surface area contributed by atoms with E-state index in [1.165, 1.54) is 6.42 Å². The fraction of sp³-hybridized carbons (Fsp3) is 0.667. The molecule has 4 nitrogen and oxygen atoms in total. The van der Waals surface area contributed by atoms with Gasteiger partial charge in [0.25, 0.3) is 0 Å². The molecule has 1 aromatic heterocycles. The molecule has 0 amide bonds. The fourth-order valence-corrected chi connectivity index (χ4v) is 1.70. The van der Waals surface area contributed by atoms with Crippen molar-refractivity contribution in [1.29, 1.82) is 0 Å². The van der Waals surface area contributed by atoms with E-state index in [-0.39, 0.29) is 0 Å². The molecule has 13 heavy (non-hydrogen) atoms. The third kappa shape index (κ3) is 1.59. The van der Waals surface area contributed by atoms with Crippen LogP contribution in [0.4, 0.5) is 0 Å². The lowest BCUT2D eigenvalue weighted by Crippen LogP contribution is -2.51. The van der Waals surface area contributed by atoms with Gasteiger partial charge in [-0.25, -0.2) is 4.98 Å². The van der Waals surface area contributed by atoms with Crippen molar-refractivity contribution < 1.29 is 0 Å². The number of likely N-dealkylation sites (tertiary alicyclic amines) is 1. The van der Waals surface area contributed by atoms with Crippen LogP contribution in [0, 0.1) is 0 Å². The normalized spacial score (nSPS) is 23.1. The van der Waals surface area contributed by atoms with E-state index in [2.05, 4.69) is 14.5 Å². The summed E-state index contributed by atoms with van der Waals surface area (Å²) >= 11 is 0. The third-order valence-corrected chi connectivity index (χ3v) is 2.80. The minimum Gasteiger partial charge on any atom is -0.337 e. The molecule has 0 aliphatic carbocycles. The Hall–Kier alpha value is -0.870. The van der Waals surface area contributed by atoms with Crippen molar-refractivity contribution >= 4 is 0 Å². The van der Waals surface area contributed by atoms with Gasteiger partial charge in [-0.1, -0.05) is 0 Å². The summed E-state index contributed by atoms with van der Waals surface area (Å²) in [4.78, 5) is 6.66. The summed E-state index contributed by atoms with van der Waals surface area (Å²) in [6, 6.07) is 0.580. The lowest BCUT2D eigenvalue weighted by molar-refractivity contribution is 0.0841. The number of imidazole rings is 1. The van der Waals surface area contributed by atoms with Crippen LogP contribution in [0.15, 0.2) is 12.4 Å². The van der Waals surface area contributed by atoms with Crippen LogP contribution in [0.3, 0.4) is 0 Å². The first-order chi connectivity index (χ1) is 6.31. The molecule has 1 fully saturated rings. The number of nitrogens with zero attached hydrogens (tertiary/aromatic N) is 3. The van der Waals surface area contributed by atoms with Crippen LogP contribution in [0.2, 0.25) is 0 Å². The summed E-state index contributed by atoms with van der Waals surface area (Å²) in [5.41, 5.74) is 5.62. The van der Waals surface area contributed by atoms with Crippen LogP contribution in [0.1, 0.15) is 12.2 Å². The maximum Gasteiger partial charge on any atom is 0.122 e. The van der Waals surface area contributed by atoms with E-state index >= 15 is 0 Å². The second kappa shape index (κ2) is 3.47. The van der Waals surface area contributed by atoms with Gasteiger partial charge in [0, 0.05) is 38.6 Å². The first kappa shape index (κ1) is 8.72. The van der Waals surface area contributed by atoms with E-state index in [0.29, 0.717) is 6.04 Å². The molecule has 2 rings (SSSR count). The highest BCUT2D eigenvalue weighted by Gasteiger charge is 2.26. The van der Waals surface area contributed by atoms with Gasteiger partial charge in [0.15, 0.2) is 0 Å². The summed E-state index contributed by atoms with van der Waals surface area (Å²) in [6.07, 6.45) is 5.06. The Morgan fingerprint density at radius 2 is 2.54 bits per heavy atom. The largest absolute Gasteiger partial charge is 0.337 e. The number of aromatic nitrogens is 2. The Kier molecular flexibility index (Phi) is 2.33. The van der Waals surface area contributed by atoms with Crippen molar-refractivity contribution in [2.45, 2.75) is 19.0 Å². The molecule has 4 heteroatoms. The number of nitrogens with two attached hydrogens (primary N) is 1. The smallest absolute Gasteiger partial charge is 0.122 e. The molecule has 0 bridgehead atoms. The number of rotatable bonds is 3. The van der Waals surface area contributed by atoms with Crippen LogP contribution in [0.5, 0.6) is 0 Å². The molecule has 0 radical (unpaired) electrons. The molecule has 2 N–H and O–H groups in total. The van der Waals surface area contributed by atoms with Crippen molar-refractivity contribution in [2.75, 3.05) is 13.1 Å². The Morgan fingerprint density at radius 1 is 1.69 bits per heavy atom. The van der Waals surface area contributed by atoms with Gasteiger partial charge in [0.1, 0.15) is 5.82 Å². The minimum atomic E-state index is 0.580. The van der Waals surface area contributed by atoms with Crippen molar-refractivity contribution in [1.82, 2.24) is 14.5 Å². The van der Waals surface area contributed by atoms with Crippen molar-refractivity contribution in [3.63, 3.8) is 0 Å². The molecular weight excluding hydrogens is 164 g/mol. The zero-order chi connectivity index (χ0) is 9.26. The second-order valence-electron chi connectivity index (χ2n) is 3.60. The monoisotopic (exact) mass is 180 g/mol.